The van der Waals surface area contributed by atoms with Crippen LogP contribution in [0, 0.1) is 11.7 Å². The molecule has 1 fully saturated rings. The lowest BCUT2D eigenvalue weighted by Gasteiger charge is -2.19. The van der Waals surface area contributed by atoms with E-state index in [2.05, 4.69) is 5.32 Å². The van der Waals surface area contributed by atoms with Crippen molar-refractivity contribution < 1.29 is 14.3 Å². The van der Waals surface area contributed by atoms with Crippen LogP contribution in [0.15, 0.2) is 24.3 Å². The fourth-order valence-electron chi connectivity index (χ4n) is 2.60. The van der Waals surface area contributed by atoms with E-state index in [1.807, 2.05) is 13.8 Å². The second-order valence-electron chi connectivity index (χ2n) is 6.06. The molecular formula is C16H22FNO2. The molecular weight excluding hydrogens is 257 g/mol. The lowest BCUT2D eigenvalue weighted by atomic mass is 9.94. The monoisotopic (exact) mass is 279 g/mol. The van der Waals surface area contributed by atoms with Crippen LogP contribution in [0.1, 0.15) is 38.7 Å². The van der Waals surface area contributed by atoms with Gasteiger partial charge >= 0.3 is 0 Å². The molecule has 1 aromatic rings. The molecule has 1 saturated carbocycles. The van der Waals surface area contributed by atoms with Crippen LogP contribution in [-0.4, -0.2) is 23.7 Å². The molecule has 1 atom stereocenters. The lowest BCUT2D eigenvalue weighted by Crippen LogP contribution is -2.39. The van der Waals surface area contributed by atoms with E-state index < -0.39 is 11.5 Å². The van der Waals surface area contributed by atoms with Crippen LogP contribution in [0.25, 0.3) is 0 Å². The summed E-state index contributed by atoms with van der Waals surface area (Å²) in [5, 5.41) is 12.6. The minimum atomic E-state index is -0.719. The van der Waals surface area contributed by atoms with Crippen molar-refractivity contribution >= 4 is 5.91 Å². The first-order valence-corrected chi connectivity index (χ1v) is 7.17. The van der Waals surface area contributed by atoms with E-state index in [1.54, 1.807) is 18.2 Å². The average molecular weight is 279 g/mol. The van der Waals surface area contributed by atoms with E-state index in [1.165, 1.54) is 6.07 Å². The summed E-state index contributed by atoms with van der Waals surface area (Å²) in [5.74, 6) is -0.128. The quantitative estimate of drug-likeness (QED) is 0.840. The first-order valence-electron chi connectivity index (χ1n) is 7.17. The second kappa shape index (κ2) is 5.92. The highest BCUT2D eigenvalue weighted by Crippen LogP contribution is 2.49. The summed E-state index contributed by atoms with van der Waals surface area (Å²) in [7, 11) is 0. The van der Waals surface area contributed by atoms with Crippen molar-refractivity contribution in [2.75, 3.05) is 6.54 Å². The number of aliphatic hydroxyl groups excluding tert-OH is 1. The number of carbonyl (C=O) groups is 1. The first-order chi connectivity index (χ1) is 9.45. The highest BCUT2D eigenvalue weighted by atomic mass is 19.1. The Morgan fingerprint density at radius 1 is 1.40 bits per heavy atom. The van der Waals surface area contributed by atoms with E-state index in [-0.39, 0.29) is 18.3 Å². The maximum atomic E-state index is 13.8. The molecule has 4 heteroatoms. The molecule has 0 aliphatic heterocycles. The van der Waals surface area contributed by atoms with E-state index in [0.29, 0.717) is 30.7 Å². The van der Waals surface area contributed by atoms with Gasteiger partial charge in [0.05, 0.1) is 11.5 Å². The molecule has 0 saturated heterocycles. The van der Waals surface area contributed by atoms with E-state index in [4.69, 9.17) is 0 Å². The molecule has 2 N–H and O–H groups in total. The van der Waals surface area contributed by atoms with Gasteiger partial charge in [-0.2, -0.15) is 0 Å². The minimum Gasteiger partial charge on any atom is -0.391 e. The van der Waals surface area contributed by atoms with Crippen molar-refractivity contribution in [2.24, 2.45) is 5.92 Å². The fourth-order valence-corrected chi connectivity index (χ4v) is 2.60. The number of halogens is 1. The number of hydrogen-bond donors (Lipinski definition) is 2. The number of aliphatic hydroxyl groups is 1. The van der Waals surface area contributed by atoms with Gasteiger partial charge in [-0.15, -0.1) is 0 Å². The van der Waals surface area contributed by atoms with Crippen LogP contribution in [0.4, 0.5) is 4.39 Å². The Morgan fingerprint density at radius 3 is 2.60 bits per heavy atom. The molecule has 1 aliphatic carbocycles. The zero-order chi connectivity index (χ0) is 14.8. The maximum absolute atomic E-state index is 13.8. The first kappa shape index (κ1) is 15.0. The molecule has 0 spiro atoms. The maximum Gasteiger partial charge on any atom is 0.230 e. The third-order valence-electron chi connectivity index (χ3n) is 3.82. The molecule has 0 heterocycles. The normalized spacial score (nSPS) is 17.9. The number of rotatable bonds is 6. The molecule has 0 bridgehead atoms. The molecule has 1 aromatic carbocycles. The van der Waals surface area contributed by atoms with E-state index in [0.717, 1.165) is 0 Å². The average Bonchev–Trinajstić information content (AvgIpc) is 3.17. The SMILES string of the molecule is CC(C)CC(O)CNC(=O)C1(c2ccccc2F)CC1. The largest absolute Gasteiger partial charge is 0.391 e. The third kappa shape index (κ3) is 3.18. The number of benzene rings is 1. The molecule has 3 nitrogen and oxygen atoms in total. The van der Waals surface area contributed by atoms with Gasteiger partial charge in [0.1, 0.15) is 5.82 Å². The highest BCUT2D eigenvalue weighted by Gasteiger charge is 2.52. The van der Waals surface area contributed by atoms with Crippen LogP contribution in [0.2, 0.25) is 0 Å². The summed E-state index contributed by atoms with van der Waals surface area (Å²) >= 11 is 0. The molecule has 2 rings (SSSR count). The van der Waals surface area contributed by atoms with Gasteiger partial charge in [0, 0.05) is 12.1 Å². The Labute approximate surface area is 119 Å². The Morgan fingerprint density at radius 2 is 2.05 bits per heavy atom. The Balaban J connectivity index is 1.98. The number of amides is 1. The van der Waals surface area contributed by atoms with Gasteiger partial charge in [0.25, 0.3) is 0 Å². The van der Waals surface area contributed by atoms with Crippen molar-refractivity contribution in [3.05, 3.63) is 35.6 Å². The standard InChI is InChI=1S/C16H22FNO2/c1-11(2)9-12(19)10-18-15(20)16(7-8-16)13-5-3-4-6-14(13)17/h3-6,11-12,19H,7-10H2,1-2H3,(H,18,20). The van der Waals surface area contributed by atoms with Gasteiger partial charge in [-0.3, -0.25) is 4.79 Å². The Hall–Kier alpha value is -1.42. The third-order valence-corrected chi connectivity index (χ3v) is 3.82. The van der Waals surface area contributed by atoms with Gasteiger partial charge in [-0.25, -0.2) is 4.39 Å². The predicted molar refractivity (Wildman–Crippen MR) is 75.8 cm³/mol. The number of nitrogens with one attached hydrogen (secondary N) is 1. The van der Waals surface area contributed by atoms with Crippen LogP contribution in [0.3, 0.4) is 0 Å². The summed E-state index contributed by atoms with van der Waals surface area (Å²) in [6.45, 7) is 4.27. The zero-order valence-corrected chi connectivity index (χ0v) is 12.0. The van der Waals surface area contributed by atoms with Gasteiger partial charge in [0.2, 0.25) is 5.91 Å². The van der Waals surface area contributed by atoms with Crippen molar-refractivity contribution in [1.29, 1.82) is 0 Å². The van der Waals surface area contributed by atoms with Gasteiger partial charge in [-0.05, 0) is 31.2 Å². The summed E-state index contributed by atoms with van der Waals surface area (Å²) in [6.07, 6.45) is 1.43. The molecule has 0 radical (unpaired) electrons. The number of hydrogen-bond acceptors (Lipinski definition) is 2. The van der Waals surface area contributed by atoms with Gasteiger partial charge in [0.15, 0.2) is 0 Å². The second-order valence-corrected chi connectivity index (χ2v) is 6.06. The van der Waals surface area contributed by atoms with Crippen LogP contribution in [0.5, 0.6) is 0 Å². The van der Waals surface area contributed by atoms with Crippen molar-refractivity contribution in [2.45, 2.75) is 44.6 Å². The highest BCUT2D eigenvalue weighted by molar-refractivity contribution is 5.91. The van der Waals surface area contributed by atoms with E-state index >= 15 is 0 Å². The smallest absolute Gasteiger partial charge is 0.230 e. The minimum absolute atomic E-state index is 0.176. The van der Waals surface area contributed by atoms with Crippen molar-refractivity contribution in [3.63, 3.8) is 0 Å². The summed E-state index contributed by atoms with van der Waals surface area (Å²) in [5.41, 5.74) is -0.251. The molecule has 20 heavy (non-hydrogen) atoms. The fraction of sp³-hybridized carbons (Fsp3) is 0.562. The molecule has 1 amide bonds. The van der Waals surface area contributed by atoms with Gasteiger partial charge in [-0.1, -0.05) is 32.0 Å². The molecule has 0 aromatic heterocycles. The van der Waals surface area contributed by atoms with Gasteiger partial charge < -0.3 is 10.4 Å². The zero-order valence-electron chi connectivity index (χ0n) is 12.0. The Bertz CT molecular complexity index is 483. The summed E-state index contributed by atoms with van der Waals surface area (Å²) in [4.78, 5) is 12.3. The number of carbonyl (C=O) groups excluding carboxylic acids is 1. The molecule has 1 unspecified atom stereocenters. The van der Waals surface area contributed by atoms with Crippen molar-refractivity contribution in [1.82, 2.24) is 5.32 Å². The predicted octanol–water partition coefficient (Wildman–Crippen LogP) is 2.38. The van der Waals surface area contributed by atoms with Crippen LogP contribution >= 0.6 is 0 Å². The topological polar surface area (TPSA) is 49.3 Å². The molecule has 110 valence electrons. The molecule has 1 aliphatic rings. The summed E-state index contributed by atoms with van der Waals surface area (Å²) in [6, 6.07) is 6.43. The lowest BCUT2D eigenvalue weighted by molar-refractivity contribution is -0.124. The van der Waals surface area contributed by atoms with E-state index in [9.17, 15) is 14.3 Å². The summed E-state index contributed by atoms with van der Waals surface area (Å²) < 4.78 is 13.8. The van der Waals surface area contributed by atoms with Crippen LogP contribution < -0.4 is 5.32 Å². The Kier molecular flexibility index (Phi) is 4.43. The van der Waals surface area contributed by atoms with Crippen LogP contribution in [-0.2, 0) is 10.2 Å². The van der Waals surface area contributed by atoms with Crippen molar-refractivity contribution in [3.8, 4) is 0 Å².